The normalized spacial score (nSPS) is 10.8. The summed E-state index contributed by atoms with van der Waals surface area (Å²) in [7, 11) is 4.09. The van der Waals surface area contributed by atoms with Crippen molar-refractivity contribution < 1.29 is 4.79 Å². The van der Waals surface area contributed by atoms with Gasteiger partial charge in [0.2, 0.25) is 0 Å². The van der Waals surface area contributed by atoms with Crippen molar-refractivity contribution in [2.24, 2.45) is 0 Å². The first kappa shape index (κ1) is 16.9. The highest BCUT2D eigenvalue weighted by atomic mass is 16.1. The summed E-state index contributed by atoms with van der Waals surface area (Å²) in [4.78, 5) is 14.4. The van der Waals surface area contributed by atoms with E-state index in [1.807, 2.05) is 56.6 Å². The summed E-state index contributed by atoms with van der Waals surface area (Å²) >= 11 is 0. The number of amides is 1. The van der Waals surface area contributed by atoms with Gasteiger partial charge in [-0.3, -0.25) is 4.79 Å². The number of aromatic nitrogens is 2. The Bertz CT molecular complexity index is 822. The second kappa shape index (κ2) is 7.77. The number of carbonyl (C=O) groups is 1. The van der Waals surface area contributed by atoms with Gasteiger partial charge in [-0.1, -0.05) is 42.5 Å². The van der Waals surface area contributed by atoms with Crippen LogP contribution in [-0.4, -0.2) is 34.7 Å². The zero-order valence-electron chi connectivity index (χ0n) is 14.5. The molecule has 0 spiro atoms. The van der Waals surface area contributed by atoms with E-state index in [4.69, 9.17) is 0 Å². The lowest BCUT2D eigenvalue weighted by molar-refractivity contribution is 0.0951. The van der Waals surface area contributed by atoms with E-state index in [-0.39, 0.29) is 5.91 Å². The van der Waals surface area contributed by atoms with E-state index in [0.717, 1.165) is 17.8 Å². The molecule has 0 aliphatic heterocycles. The van der Waals surface area contributed by atoms with Crippen LogP contribution >= 0.6 is 0 Å². The van der Waals surface area contributed by atoms with Crippen molar-refractivity contribution in [1.29, 1.82) is 0 Å². The molecule has 0 aliphatic carbocycles. The fraction of sp³-hybridized carbons (Fsp3) is 0.200. The quantitative estimate of drug-likeness (QED) is 0.754. The number of benzene rings is 2. The predicted octanol–water partition coefficient (Wildman–Crippen LogP) is 2.86. The molecule has 5 nitrogen and oxygen atoms in total. The van der Waals surface area contributed by atoms with Gasteiger partial charge in [-0.15, -0.1) is 0 Å². The highest BCUT2D eigenvalue weighted by Crippen LogP contribution is 2.09. The van der Waals surface area contributed by atoms with E-state index in [2.05, 4.69) is 27.4 Å². The molecule has 25 heavy (non-hydrogen) atoms. The molecular formula is C20H22N4O. The largest absolute Gasteiger partial charge is 0.348 e. The average Bonchev–Trinajstić information content (AvgIpc) is 3.11. The van der Waals surface area contributed by atoms with Crippen molar-refractivity contribution in [3.63, 3.8) is 0 Å². The summed E-state index contributed by atoms with van der Waals surface area (Å²) < 4.78 is 1.70. The minimum atomic E-state index is -0.125. The van der Waals surface area contributed by atoms with Gasteiger partial charge in [-0.2, -0.15) is 5.10 Å². The molecule has 0 saturated heterocycles. The minimum absolute atomic E-state index is 0.125. The molecule has 3 aromatic rings. The van der Waals surface area contributed by atoms with Crippen molar-refractivity contribution in [1.82, 2.24) is 20.0 Å². The molecule has 2 aromatic carbocycles. The third-order valence-corrected chi connectivity index (χ3v) is 3.84. The number of para-hydroxylation sites is 1. The van der Waals surface area contributed by atoms with E-state index in [1.54, 1.807) is 17.1 Å². The Morgan fingerprint density at radius 3 is 2.40 bits per heavy atom. The van der Waals surface area contributed by atoms with Gasteiger partial charge in [0.25, 0.3) is 5.91 Å². The molecule has 0 fully saturated rings. The van der Waals surface area contributed by atoms with Crippen molar-refractivity contribution in [2.45, 2.75) is 13.1 Å². The number of rotatable bonds is 6. The van der Waals surface area contributed by atoms with Gasteiger partial charge < -0.3 is 10.2 Å². The van der Waals surface area contributed by atoms with Gasteiger partial charge in [0.15, 0.2) is 0 Å². The zero-order chi connectivity index (χ0) is 17.6. The smallest absolute Gasteiger partial charge is 0.254 e. The van der Waals surface area contributed by atoms with Crippen molar-refractivity contribution >= 4 is 5.91 Å². The van der Waals surface area contributed by atoms with Crippen LogP contribution in [0.3, 0.4) is 0 Å². The highest BCUT2D eigenvalue weighted by molar-refractivity contribution is 5.93. The Kier molecular flexibility index (Phi) is 5.26. The summed E-state index contributed by atoms with van der Waals surface area (Å²) in [5.74, 6) is -0.125. The minimum Gasteiger partial charge on any atom is -0.348 e. The second-order valence-corrected chi connectivity index (χ2v) is 6.25. The zero-order valence-corrected chi connectivity index (χ0v) is 14.5. The van der Waals surface area contributed by atoms with Crippen molar-refractivity contribution in [3.05, 3.63) is 83.7 Å². The molecule has 0 unspecified atom stereocenters. The van der Waals surface area contributed by atoms with Crippen LogP contribution < -0.4 is 5.32 Å². The molecule has 0 aliphatic rings. The lowest BCUT2D eigenvalue weighted by atomic mass is 10.1. The summed E-state index contributed by atoms with van der Waals surface area (Å²) in [5, 5.41) is 7.19. The van der Waals surface area contributed by atoms with Gasteiger partial charge in [0.05, 0.1) is 17.4 Å². The molecule has 5 heteroatoms. The van der Waals surface area contributed by atoms with Crippen LogP contribution in [0, 0.1) is 0 Å². The molecule has 1 amide bonds. The summed E-state index contributed by atoms with van der Waals surface area (Å²) in [6, 6.07) is 18.0. The van der Waals surface area contributed by atoms with Crippen molar-refractivity contribution in [3.8, 4) is 5.69 Å². The molecule has 0 atom stereocenters. The number of nitrogens with zero attached hydrogens (tertiary/aromatic N) is 3. The second-order valence-electron chi connectivity index (χ2n) is 6.25. The first-order valence-electron chi connectivity index (χ1n) is 8.22. The van der Waals surface area contributed by atoms with Crippen LogP contribution in [0.1, 0.15) is 21.5 Å². The van der Waals surface area contributed by atoms with Gasteiger partial charge in [0.1, 0.15) is 0 Å². The molecule has 3 rings (SSSR count). The van der Waals surface area contributed by atoms with Gasteiger partial charge in [-0.25, -0.2) is 4.68 Å². The molecule has 1 heterocycles. The SMILES string of the molecule is CN(C)Cc1ccc(CNC(=O)c2cnn(-c3ccccc3)c2)cc1. The van der Waals surface area contributed by atoms with Crippen LogP contribution in [0.2, 0.25) is 0 Å². The molecular weight excluding hydrogens is 312 g/mol. The van der Waals surface area contributed by atoms with Gasteiger partial charge in [-0.05, 0) is 37.4 Å². The maximum Gasteiger partial charge on any atom is 0.254 e. The lowest BCUT2D eigenvalue weighted by Gasteiger charge is -2.10. The number of hydrogen-bond acceptors (Lipinski definition) is 3. The Labute approximate surface area is 147 Å². The molecule has 0 bridgehead atoms. The molecule has 0 saturated carbocycles. The molecule has 1 N–H and O–H groups in total. The van der Waals surface area contributed by atoms with Crippen LogP contribution in [0.25, 0.3) is 5.69 Å². The summed E-state index contributed by atoms with van der Waals surface area (Å²) in [5.41, 5.74) is 3.81. The van der Waals surface area contributed by atoms with Crippen LogP contribution in [0.15, 0.2) is 67.0 Å². The maximum atomic E-state index is 12.3. The standard InChI is InChI=1S/C20H22N4O/c1-23(2)14-17-10-8-16(9-11-17)12-21-20(25)18-13-22-24(15-18)19-6-4-3-5-7-19/h3-11,13,15H,12,14H2,1-2H3,(H,21,25). The summed E-state index contributed by atoms with van der Waals surface area (Å²) in [6.07, 6.45) is 3.33. The van der Waals surface area contributed by atoms with Crippen molar-refractivity contribution in [2.75, 3.05) is 14.1 Å². The van der Waals surface area contributed by atoms with Crippen LogP contribution in [0.4, 0.5) is 0 Å². The molecule has 1 aromatic heterocycles. The third kappa shape index (κ3) is 4.55. The Hall–Kier alpha value is -2.92. The van der Waals surface area contributed by atoms with Crippen LogP contribution in [0.5, 0.6) is 0 Å². The molecule has 0 radical (unpaired) electrons. The van der Waals surface area contributed by atoms with Crippen LogP contribution in [-0.2, 0) is 13.1 Å². The van der Waals surface area contributed by atoms with E-state index in [9.17, 15) is 4.79 Å². The van der Waals surface area contributed by atoms with Gasteiger partial charge >= 0.3 is 0 Å². The van der Waals surface area contributed by atoms with E-state index in [0.29, 0.717) is 12.1 Å². The van der Waals surface area contributed by atoms with E-state index < -0.39 is 0 Å². The predicted molar refractivity (Wildman–Crippen MR) is 98.6 cm³/mol. The maximum absolute atomic E-state index is 12.3. The Morgan fingerprint density at radius 2 is 1.72 bits per heavy atom. The Balaban J connectivity index is 1.59. The topological polar surface area (TPSA) is 50.2 Å². The fourth-order valence-electron chi connectivity index (χ4n) is 2.57. The number of carbonyl (C=O) groups excluding carboxylic acids is 1. The molecule has 128 valence electrons. The third-order valence-electron chi connectivity index (χ3n) is 3.84. The van der Waals surface area contributed by atoms with E-state index in [1.165, 1.54) is 5.56 Å². The number of nitrogens with one attached hydrogen (secondary N) is 1. The lowest BCUT2D eigenvalue weighted by Crippen LogP contribution is -2.22. The monoisotopic (exact) mass is 334 g/mol. The summed E-state index contributed by atoms with van der Waals surface area (Å²) in [6.45, 7) is 1.41. The highest BCUT2D eigenvalue weighted by Gasteiger charge is 2.09. The first-order valence-corrected chi connectivity index (χ1v) is 8.22. The van der Waals surface area contributed by atoms with E-state index >= 15 is 0 Å². The fourth-order valence-corrected chi connectivity index (χ4v) is 2.57. The average molecular weight is 334 g/mol. The van der Waals surface area contributed by atoms with Gasteiger partial charge in [0, 0.05) is 19.3 Å². The number of hydrogen-bond donors (Lipinski definition) is 1. The Morgan fingerprint density at radius 1 is 1.04 bits per heavy atom. The first-order chi connectivity index (χ1) is 12.1.